The van der Waals surface area contributed by atoms with Gasteiger partial charge in [-0.3, -0.25) is 4.98 Å². The average Bonchev–Trinajstić information content (AvgIpc) is 2.33. The van der Waals surface area contributed by atoms with Crippen molar-refractivity contribution >= 4 is 34.6 Å². The van der Waals surface area contributed by atoms with Gasteiger partial charge in [0, 0.05) is 10.7 Å². The molecule has 0 radical (unpaired) electrons. The molecule has 0 aliphatic rings. The minimum atomic E-state index is 0.502. The normalized spacial score (nSPS) is 10.1. The summed E-state index contributed by atoms with van der Waals surface area (Å²) in [5, 5.41) is 13.5. The second kappa shape index (κ2) is 5.48. The molecule has 5 heteroatoms. The van der Waals surface area contributed by atoms with Gasteiger partial charge in [0.15, 0.2) is 0 Å². The molecule has 0 aliphatic carbocycles. The molecule has 0 unspecified atom stereocenters. The number of nitrogens with zero attached hydrogens (tertiary/aromatic N) is 2. The summed E-state index contributed by atoms with van der Waals surface area (Å²) in [4.78, 5) is 4.27. The summed E-state index contributed by atoms with van der Waals surface area (Å²) in [7, 11) is 0. The maximum Gasteiger partial charge on any atom is 0.103 e. The molecule has 0 aliphatic heterocycles. The van der Waals surface area contributed by atoms with Crippen LogP contribution in [-0.4, -0.2) is 4.98 Å². The summed E-state index contributed by atoms with van der Waals surface area (Å²) < 4.78 is 0. The summed E-state index contributed by atoms with van der Waals surface area (Å²) in [5.74, 6) is 0. The molecule has 1 N–H and O–H groups in total. The van der Waals surface area contributed by atoms with Crippen LogP contribution in [0.25, 0.3) is 0 Å². The van der Waals surface area contributed by atoms with Crippen LogP contribution in [0.3, 0.4) is 0 Å². The molecule has 2 rings (SSSR count). The third-order valence-electron chi connectivity index (χ3n) is 2.64. The van der Waals surface area contributed by atoms with Crippen molar-refractivity contribution in [3.05, 3.63) is 51.3 Å². The van der Waals surface area contributed by atoms with Crippen LogP contribution >= 0.6 is 23.2 Å². The molecule has 0 fully saturated rings. The number of halogens is 2. The van der Waals surface area contributed by atoms with Crippen molar-refractivity contribution in [1.82, 2.24) is 4.98 Å². The van der Waals surface area contributed by atoms with Gasteiger partial charge in [-0.2, -0.15) is 5.26 Å². The summed E-state index contributed by atoms with van der Waals surface area (Å²) >= 11 is 12.0. The molecule has 0 spiro atoms. The molecule has 1 aromatic heterocycles. The molecular weight excluding hydrogens is 281 g/mol. The van der Waals surface area contributed by atoms with Crippen LogP contribution < -0.4 is 5.32 Å². The van der Waals surface area contributed by atoms with E-state index in [1.54, 1.807) is 25.1 Å². The van der Waals surface area contributed by atoms with Crippen LogP contribution in [0.15, 0.2) is 24.3 Å². The van der Waals surface area contributed by atoms with Crippen molar-refractivity contribution in [2.45, 2.75) is 13.8 Å². The van der Waals surface area contributed by atoms with E-state index in [2.05, 4.69) is 16.4 Å². The van der Waals surface area contributed by atoms with Crippen LogP contribution in [0.4, 0.5) is 11.4 Å². The highest BCUT2D eigenvalue weighted by Gasteiger charge is 2.10. The Morgan fingerprint density at radius 1 is 1.16 bits per heavy atom. The number of aryl methyl sites for hydroxylation is 2. The highest BCUT2D eigenvalue weighted by Crippen LogP contribution is 2.30. The van der Waals surface area contributed by atoms with E-state index < -0.39 is 0 Å². The third-order valence-corrected chi connectivity index (χ3v) is 3.20. The predicted molar refractivity (Wildman–Crippen MR) is 78.2 cm³/mol. The maximum absolute atomic E-state index is 9.20. The van der Waals surface area contributed by atoms with Gasteiger partial charge < -0.3 is 5.32 Å². The van der Waals surface area contributed by atoms with Crippen LogP contribution in [0, 0.1) is 25.2 Å². The number of benzene rings is 1. The molecule has 1 heterocycles. The number of hydrogen-bond acceptors (Lipinski definition) is 3. The van der Waals surface area contributed by atoms with E-state index in [-0.39, 0.29) is 0 Å². The molecular formula is C14H11Cl2N3. The summed E-state index contributed by atoms with van der Waals surface area (Å²) in [6.45, 7) is 3.68. The lowest BCUT2D eigenvalue weighted by atomic mass is 10.1. The van der Waals surface area contributed by atoms with E-state index in [4.69, 9.17) is 23.2 Å². The van der Waals surface area contributed by atoms with Gasteiger partial charge >= 0.3 is 0 Å². The number of anilines is 2. The zero-order valence-corrected chi connectivity index (χ0v) is 12.0. The first kappa shape index (κ1) is 13.7. The lowest BCUT2D eigenvalue weighted by Gasteiger charge is -2.12. The number of rotatable bonds is 2. The lowest BCUT2D eigenvalue weighted by molar-refractivity contribution is 1.11. The van der Waals surface area contributed by atoms with Crippen molar-refractivity contribution in [1.29, 1.82) is 5.26 Å². The first-order chi connectivity index (χ1) is 9.01. The second-order valence-corrected chi connectivity index (χ2v) is 4.98. The van der Waals surface area contributed by atoms with Crippen molar-refractivity contribution in [2.24, 2.45) is 0 Å². The molecule has 0 atom stereocenters. The summed E-state index contributed by atoms with van der Waals surface area (Å²) in [6, 6.07) is 9.09. The summed E-state index contributed by atoms with van der Waals surface area (Å²) in [6.07, 6.45) is 0. The fourth-order valence-corrected chi connectivity index (χ4v) is 2.14. The van der Waals surface area contributed by atoms with E-state index in [1.807, 2.05) is 13.0 Å². The van der Waals surface area contributed by atoms with Gasteiger partial charge in [0.1, 0.15) is 6.07 Å². The highest BCUT2D eigenvalue weighted by molar-refractivity contribution is 6.35. The molecule has 1 aromatic carbocycles. The van der Waals surface area contributed by atoms with E-state index in [1.165, 1.54) is 0 Å². The van der Waals surface area contributed by atoms with E-state index in [0.717, 1.165) is 5.69 Å². The average molecular weight is 292 g/mol. The standard InChI is InChI=1S/C14H11Cl2N3/c1-8-5-13(11(7-17)9(2)18-8)19-14-6-10(15)3-4-12(14)16/h3-6H,1-2H3,(H,18,19). The number of nitriles is 1. The molecule has 96 valence electrons. The van der Waals surface area contributed by atoms with Crippen LogP contribution in [0.1, 0.15) is 17.0 Å². The Morgan fingerprint density at radius 3 is 2.58 bits per heavy atom. The molecule has 3 nitrogen and oxygen atoms in total. The SMILES string of the molecule is Cc1cc(Nc2cc(Cl)ccc2Cl)c(C#N)c(C)n1. The Morgan fingerprint density at radius 2 is 1.89 bits per heavy atom. The fraction of sp³-hybridized carbons (Fsp3) is 0.143. The zero-order valence-electron chi connectivity index (χ0n) is 10.5. The monoisotopic (exact) mass is 291 g/mol. The van der Waals surface area contributed by atoms with Gasteiger partial charge in [0.05, 0.1) is 27.7 Å². The van der Waals surface area contributed by atoms with Crippen LogP contribution in [0.5, 0.6) is 0 Å². The second-order valence-electron chi connectivity index (χ2n) is 4.13. The number of aromatic nitrogens is 1. The number of hydrogen-bond donors (Lipinski definition) is 1. The van der Waals surface area contributed by atoms with Gasteiger partial charge in [-0.1, -0.05) is 23.2 Å². The van der Waals surface area contributed by atoms with Gasteiger partial charge in [0.25, 0.3) is 0 Å². The lowest BCUT2D eigenvalue weighted by Crippen LogP contribution is -2.00. The van der Waals surface area contributed by atoms with Crippen molar-refractivity contribution in [3.63, 3.8) is 0 Å². The minimum absolute atomic E-state index is 0.502. The van der Waals surface area contributed by atoms with Gasteiger partial charge in [-0.15, -0.1) is 0 Å². The van der Waals surface area contributed by atoms with E-state index in [0.29, 0.717) is 32.7 Å². The third kappa shape index (κ3) is 2.98. The van der Waals surface area contributed by atoms with Gasteiger partial charge in [0.2, 0.25) is 0 Å². The zero-order chi connectivity index (χ0) is 14.0. The summed E-state index contributed by atoms with van der Waals surface area (Å²) in [5.41, 5.74) is 3.36. The first-order valence-corrected chi connectivity index (χ1v) is 6.37. The van der Waals surface area contributed by atoms with E-state index >= 15 is 0 Å². The Balaban J connectivity index is 2.49. The first-order valence-electron chi connectivity index (χ1n) is 5.61. The Hall–Kier alpha value is -1.76. The van der Waals surface area contributed by atoms with Crippen LogP contribution in [-0.2, 0) is 0 Å². The smallest absolute Gasteiger partial charge is 0.103 e. The maximum atomic E-state index is 9.20. The minimum Gasteiger partial charge on any atom is -0.353 e. The Bertz CT molecular complexity index is 675. The Labute approximate surface area is 121 Å². The Kier molecular flexibility index (Phi) is 3.94. The topological polar surface area (TPSA) is 48.7 Å². The number of nitrogens with one attached hydrogen (secondary N) is 1. The molecule has 0 saturated carbocycles. The van der Waals surface area contributed by atoms with Crippen molar-refractivity contribution in [3.8, 4) is 6.07 Å². The predicted octanol–water partition coefficient (Wildman–Crippen LogP) is 4.62. The molecule has 0 amide bonds. The van der Waals surface area contributed by atoms with Crippen LogP contribution in [0.2, 0.25) is 10.0 Å². The molecule has 2 aromatic rings. The quantitative estimate of drug-likeness (QED) is 0.878. The van der Waals surface area contributed by atoms with Crippen molar-refractivity contribution in [2.75, 3.05) is 5.32 Å². The highest BCUT2D eigenvalue weighted by atomic mass is 35.5. The van der Waals surface area contributed by atoms with E-state index in [9.17, 15) is 5.26 Å². The molecule has 0 bridgehead atoms. The number of pyridine rings is 1. The molecule has 19 heavy (non-hydrogen) atoms. The largest absolute Gasteiger partial charge is 0.353 e. The fourth-order valence-electron chi connectivity index (χ4n) is 1.81. The van der Waals surface area contributed by atoms with Crippen molar-refractivity contribution < 1.29 is 0 Å². The molecule has 0 saturated heterocycles. The van der Waals surface area contributed by atoms with Gasteiger partial charge in [-0.05, 0) is 38.1 Å². The van der Waals surface area contributed by atoms with Gasteiger partial charge in [-0.25, -0.2) is 0 Å².